The minimum absolute atomic E-state index is 0.196. The zero-order chi connectivity index (χ0) is 16.0. The van der Waals surface area contributed by atoms with Gasteiger partial charge < -0.3 is 4.52 Å². The molecule has 0 fully saturated rings. The van der Waals surface area contributed by atoms with Crippen molar-refractivity contribution < 1.29 is 12.9 Å². The Bertz CT molecular complexity index is 690. The lowest BCUT2D eigenvalue weighted by molar-refractivity contribution is 0.400. The van der Waals surface area contributed by atoms with E-state index >= 15 is 0 Å². The highest BCUT2D eigenvalue weighted by Crippen LogP contribution is 2.17. The Morgan fingerprint density at radius 1 is 1.14 bits per heavy atom. The van der Waals surface area contributed by atoms with Gasteiger partial charge in [-0.15, -0.1) is 0 Å². The summed E-state index contributed by atoms with van der Waals surface area (Å²) in [7, 11) is -3.62. The summed E-state index contributed by atoms with van der Waals surface area (Å²) in [6.07, 6.45) is 5.79. The summed E-state index contributed by atoms with van der Waals surface area (Å²) in [4.78, 5) is 0.227. The molecule has 2 aromatic rings. The molecule has 1 aromatic heterocycles. The molecule has 0 aliphatic carbocycles. The fraction of sp³-hybridized carbons (Fsp3) is 0.438. The monoisotopic (exact) mass is 322 g/mol. The Balaban J connectivity index is 1.99. The van der Waals surface area contributed by atoms with Crippen molar-refractivity contribution in [3.63, 3.8) is 0 Å². The van der Waals surface area contributed by atoms with E-state index in [9.17, 15) is 8.42 Å². The van der Waals surface area contributed by atoms with E-state index in [1.807, 2.05) is 12.1 Å². The van der Waals surface area contributed by atoms with Crippen LogP contribution in [-0.4, -0.2) is 13.6 Å². The van der Waals surface area contributed by atoms with E-state index in [0.29, 0.717) is 5.76 Å². The largest absolute Gasteiger partial charge is 0.360 e. The normalized spacial score (nSPS) is 11.5. The first-order chi connectivity index (χ1) is 10.5. The van der Waals surface area contributed by atoms with Crippen molar-refractivity contribution in [1.29, 1.82) is 0 Å². The molecule has 5 nitrogen and oxygen atoms in total. The molecule has 0 bridgehead atoms. The van der Waals surface area contributed by atoms with Crippen molar-refractivity contribution in [3.05, 3.63) is 41.7 Å². The molecular formula is C16H22N2O3S. The molecule has 22 heavy (non-hydrogen) atoms. The van der Waals surface area contributed by atoms with Crippen LogP contribution in [0.1, 0.15) is 43.9 Å². The van der Waals surface area contributed by atoms with Gasteiger partial charge in [-0.1, -0.05) is 43.5 Å². The molecule has 0 unspecified atom stereocenters. The smallest absolute Gasteiger partial charge is 0.263 e. The minimum atomic E-state index is -3.62. The number of hydrogen-bond donors (Lipinski definition) is 1. The maximum atomic E-state index is 12.2. The van der Waals surface area contributed by atoms with Crippen molar-refractivity contribution in [1.82, 2.24) is 5.16 Å². The third-order valence-electron chi connectivity index (χ3n) is 3.42. The van der Waals surface area contributed by atoms with E-state index < -0.39 is 10.0 Å². The first-order valence-corrected chi connectivity index (χ1v) is 9.04. The number of hydrogen-bond acceptors (Lipinski definition) is 4. The molecule has 0 saturated heterocycles. The second-order valence-corrected chi connectivity index (χ2v) is 7.07. The van der Waals surface area contributed by atoms with Gasteiger partial charge in [-0.25, -0.2) is 8.42 Å². The van der Waals surface area contributed by atoms with Gasteiger partial charge in [-0.2, -0.15) is 0 Å². The Morgan fingerprint density at radius 3 is 2.45 bits per heavy atom. The van der Waals surface area contributed by atoms with Crippen molar-refractivity contribution in [3.8, 4) is 0 Å². The predicted octanol–water partition coefficient (Wildman–Crippen LogP) is 3.91. The van der Waals surface area contributed by atoms with Crippen LogP contribution in [0.3, 0.4) is 0 Å². The highest BCUT2D eigenvalue weighted by molar-refractivity contribution is 7.92. The number of nitrogens with zero attached hydrogens (tertiary/aromatic N) is 1. The third kappa shape index (κ3) is 4.59. The molecule has 1 N–H and O–H groups in total. The van der Waals surface area contributed by atoms with Crippen LogP contribution in [-0.2, 0) is 16.4 Å². The van der Waals surface area contributed by atoms with Crippen LogP contribution in [0, 0.1) is 6.92 Å². The SMILES string of the molecule is CCCCCCc1ccc(S(=O)(=O)Nc2cc(C)on2)cc1. The topological polar surface area (TPSA) is 72.2 Å². The lowest BCUT2D eigenvalue weighted by atomic mass is 10.1. The van der Waals surface area contributed by atoms with E-state index in [1.54, 1.807) is 25.1 Å². The maximum absolute atomic E-state index is 12.2. The van der Waals surface area contributed by atoms with Crippen LogP contribution >= 0.6 is 0 Å². The molecule has 0 spiro atoms. The van der Waals surface area contributed by atoms with Crippen LogP contribution in [0.4, 0.5) is 5.82 Å². The van der Waals surface area contributed by atoms with Gasteiger partial charge in [0.1, 0.15) is 5.76 Å². The number of rotatable bonds is 8. The molecule has 2 rings (SSSR count). The summed E-state index contributed by atoms with van der Waals surface area (Å²) < 4.78 is 31.7. The number of sulfonamides is 1. The molecule has 0 atom stereocenters. The Hall–Kier alpha value is -1.82. The van der Waals surface area contributed by atoms with Crippen LogP contribution in [0.15, 0.2) is 39.8 Å². The number of aromatic nitrogens is 1. The number of aryl methyl sites for hydroxylation is 2. The molecule has 0 amide bonds. The quantitative estimate of drug-likeness (QED) is 0.748. The first kappa shape index (κ1) is 16.5. The molecule has 0 radical (unpaired) electrons. The average molecular weight is 322 g/mol. The van der Waals surface area contributed by atoms with Gasteiger partial charge in [0.2, 0.25) is 0 Å². The minimum Gasteiger partial charge on any atom is -0.360 e. The highest BCUT2D eigenvalue weighted by Gasteiger charge is 2.15. The molecular weight excluding hydrogens is 300 g/mol. The third-order valence-corrected chi connectivity index (χ3v) is 4.79. The Morgan fingerprint density at radius 2 is 1.86 bits per heavy atom. The van der Waals surface area contributed by atoms with Crippen molar-refractivity contribution in [2.45, 2.75) is 50.8 Å². The van der Waals surface area contributed by atoms with Crippen molar-refractivity contribution >= 4 is 15.8 Å². The number of nitrogens with one attached hydrogen (secondary N) is 1. The fourth-order valence-corrected chi connectivity index (χ4v) is 3.19. The average Bonchev–Trinajstić information content (AvgIpc) is 2.88. The van der Waals surface area contributed by atoms with Gasteiger partial charge >= 0.3 is 0 Å². The summed E-state index contributed by atoms with van der Waals surface area (Å²) in [6, 6.07) is 8.54. The van der Waals surface area contributed by atoms with Gasteiger partial charge in [0, 0.05) is 6.07 Å². The molecule has 0 saturated carbocycles. The first-order valence-electron chi connectivity index (χ1n) is 7.56. The second-order valence-electron chi connectivity index (χ2n) is 5.38. The van der Waals surface area contributed by atoms with E-state index in [2.05, 4.69) is 16.8 Å². The summed E-state index contributed by atoms with van der Waals surface area (Å²) >= 11 is 0. The predicted molar refractivity (Wildman–Crippen MR) is 86.3 cm³/mol. The Kier molecular flexibility index (Phi) is 5.60. The molecule has 6 heteroatoms. The van der Waals surface area contributed by atoms with Gasteiger partial charge in [-0.05, 0) is 37.5 Å². The maximum Gasteiger partial charge on any atom is 0.263 e. The van der Waals surface area contributed by atoms with E-state index in [4.69, 9.17) is 4.52 Å². The van der Waals surface area contributed by atoms with Crippen LogP contribution in [0.25, 0.3) is 0 Å². The zero-order valence-corrected chi connectivity index (χ0v) is 13.8. The fourth-order valence-electron chi connectivity index (χ4n) is 2.20. The van der Waals surface area contributed by atoms with Gasteiger partial charge in [0.25, 0.3) is 10.0 Å². The number of anilines is 1. The second kappa shape index (κ2) is 7.45. The molecule has 120 valence electrons. The van der Waals surface area contributed by atoms with Crippen LogP contribution < -0.4 is 4.72 Å². The van der Waals surface area contributed by atoms with Gasteiger partial charge in [-0.3, -0.25) is 4.72 Å². The summed E-state index contributed by atoms with van der Waals surface area (Å²) in [5.74, 6) is 0.751. The molecule has 1 heterocycles. The summed E-state index contributed by atoms with van der Waals surface area (Å²) in [5.41, 5.74) is 1.16. The van der Waals surface area contributed by atoms with Crippen molar-refractivity contribution in [2.75, 3.05) is 4.72 Å². The lowest BCUT2D eigenvalue weighted by Gasteiger charge is -2.06. The van der Waals surface area contributed by atoms with Crippen LogP contribution in [0.2, 0.25) is 0 Å². The summed E-state index contributed by atoms with van der Waals surface area (Å²) in [6.45, 7) is 3.89. The summed E-state index contributed by atoms with van der Waals surface area (Å²) in [5, 5.41) is 3.64. The van der Waals surface area contributed by atoms with Crippen molar-refractivity contribution in [2.24, 2.45) is 0 Å². The van der Waals surface area contributed by atoms with Gasteiger partial charge in [0.15, 0.2) is 5.82 Å². The number of unbranched alkanes of at least 4 members (excludes halogenated alkanes) is 3. The highest BCUT2D eigenvalue weighted by atomic mass is 32.2. The van der Waals surface area contributed by atoms with Crippen LogP contribution in [0.5, 0.6) is 0 Å². The van der Waals surface area contributed by atoms with E-state index in [0.717, 1.165) is 18.4 Å². The molecule has 1 aromatic carbocycles. The van der Waals surface area contributed by atoms with Gasteiger partial charge in [0.05, 0.1) is 4.90 Å². The molecule has 0 aliphatic rings. The number of benzene rings is 1. The molecule has 0 aliphatic heterocycles. The van der Waals surface area contributed by atoms with E-state index in [1.165, 1.54) is 19.3 Å². The lowest BCUT2D eigenvalue weighted by Crippen LogP contribution is -2.13. The zero-order valence-electron chi connectivity index (χ0n) is 13.0. The Labute approximate surface area is 131 Å². The van der Waals surface area contributed by atoms with E-state index in [-0.39, 0.29) is 10.7 Å². The standard InChI is InChI=1S/C16H22N2O3S/c1-3-4-5-6-7-14-8-10-15(11-9-14)22(19,20)18-16-12-13(2)21-17-16/h8-12H,3-7H2,1-2H3,(H,17,18).